The molecule has 0 N–H and O–H groups in total. The summed E-state index contributed by atoms with van der Waals surface area (Å²) in [7, 11) is 1.36. The van der Waals surface area contributed by atoms with Gasteiger partial charge >= 0.3 is 5.97 Å². The fraction of sp³-hybridized carbons (Fsp3) is 0.538. The third kappa shape index (κ3) is 2.33. The fourth-order valence-corrected chi connectivity index (χ4v) is 3.17. The maximum absolute atomic E-state index is 11.9. The number of nitrogens with zero attached hydrogens (tertiary/aromatic N) is 4. The lowest BCUT2D eigenvalue weighted by Gasteiger charge is -2.05. The van der Waals surface area contributed by atoms with Crippen LogP contribution < -0.4 is 0 Å². The number of rotatable bonds is 4. The van der Waals surface area contributed by atoms with Crippen LogP contribution in [0, 0.1) is 19.8 Å². The highest BCUT2D eigenvalue weighted by molar-refractivity contribution is 7.15. The molecule has 2 aromatic heterocycles. The molecule has 0 unspecified atom stereocenters. The first kappa shape index (κ1) is 13.2. The molecule has 1 saturated carbocycles. The van der Waals surface area contributed by atoms with Crippen LogP contribution in [0.5, 0.6) is 0 Å². The van der Waals surface area contributed by atoms with E-state index in [4.69, 9.17) is 4.74 Å². The minimum atomic E-state index is -0.451. The Balaban J connectivity index is 2.10. The molecular weight excluding hydrogens is 276 g/mol. The van der Waals surface area contributed by atoms with Crippen LogP contribution in [0.15, 0.2) is 0 Å². The molecule has 7 heteroatoms. The Morgan fingerprint density at radius 3 is 2.75 bits per heavy atom. The van der Waals surface area contributed by atoms with Crippen LogP contribution in [-0.2, 0) is 11.3 Å². The Kier molecular flexibility index (Phi) is 3.29. The highest BCUT2D eigenvalue weighted by Crippen LogP contribution is 2.35. The summed E-state index contributed by atoms with van der Waals surface area (Å²) < 4.78 is 6.63. The molecule has 0 saturated heterocycles. The molecule has 1 aliphatic carbocycles. The van der Waals surface area contributed by atoms with E-state index >= 15 is 0 Å². The average molecular weight is 292 g/mol. The zero-order valence-corrected chi connectivity index (χ0v) is 12.5. The second-order valence-electron chi connectivity index (χ2n) is 5.05. The van der Waals surface area contributed by atoms with Crippen molar-refractivity contribution in [3.05, 3.63) is 16.4 Å². The van der Waals surface area contributed by atoms with E-state index < -0.39 is 5.97 Å². The summed E-state index contributed by atoms with van der Waals surface area (Å²) in [6.07, 6.45) is 2.43. The molecular formula is C13H16N4O2S. The minimum Gasteiger partial charge on any atom is -0.464 e. The Labute approximate surface area is 120 Å². The summed E-state index contributed by atoms with van der Waals surface area (Å²) in [6.45, 7) is 4.69. The maximum Gasteiger partial charge on any atom is 0.360 e. The summed E-state index contributed by atoms with van der Waals surface area (Å²) in [5, 5.41) is 9.11. The van der Waals surface area contributed by atoms with Gasteiger partial charge in [0, 0.05) is 6.54 Å². The highest BCUT2D eigenvalue weighted by Gasteiger charge is 2.29. The Morgan fingerprint density at radius 1 is 1.45 bits per heavy atom. The molecule has 0 atom stereocenters. The molecule has 106 valence electrons. The van der Waals surface area contributed by atoms with Gasteiger partial charge in [0.25, 0.3) is 0 Å². The second-order valence-corrected chi connectivity index (χ2v) is 6.25. The number of carbonyl (C=O) groups is 1. The van der Waals surface area contributed by atoms with Gasteiger partial charge in [-0.3, -0.25) is 0 Å². The van der Waals surface area contributed by atoms with Gasteiger partial charge in [-0.25, -0.2) is 14.5 Å². The van der Waals surface area contributed by atoms with Crippen LogP contribution in [0.1, 0.15) is 34.0 Å². The van der Waals surface area contributed by atoms with Gasteiger partial charge in [-0.05, 0) is 32.6 Å². The largest absolute Gasteiger partial charge is 0.464 e. The van der Waals surface area contributed by atoms with Crippen molar-refractivity contribution in [3.63, 3.8) is 0 Å². The zero-order valence-electron chi connectivity index (χ0n) is 11.7. The van der Waals surface area contributed by atoms with Gasteiger partial charge < -0.3 is 4.74 Å². The van der Waals surface area contributed by atoms with Gasteiger partial charge in [0.2, 0.25) is 0 Å². The maximum atomic E-state index is 11.9. The standard InChI is InChI=1S/C13H16N4O2S/c1-7-12(20-8(2)14-7)11-10(13(18)19-3)15-16-17(11)6-9-4-5-9/h9H,4-6H2,1-3H3. The molecule has 0 radical (unpaired) electrons. The lowest BCUT2D eigenvalue weighted by Crippen LogP contribution is -2.07. The SMILES string of the molecule is COC(=O)c1nnn(CC2CC2)c1-c1sc(C)nc1C. The number of hydrogen-bond acceptors (Lipinski definition) is 6. The quantitative estimate of drug-likeness (QED) is 0.808. The van der Waals surface area contributed by atoms with E-state index in [0.29, 0.717) is 5.92 Å². The Hall–Kier alpha value is -1.76. The average Bonchev–Trinajstić information content (AvgIpc) is 3.04. The normalized spacial score (nSPS) is 14.6. The predicted molar refractivity (Wildman–Crippen MR) is 74.7 cm³/mol. The number of ether oxygens (including phenoxy) is 1. The molecule has 2 heterocycles. The van der Waals surface area contributed by atoms with Crippen molar-refractivity contribution in [1.82, 2.24) is 20.0 Å². The van der Waals surface area contributed by atoms with Crippen molar-refractivity contribution in [2.75, 3.05) is 7.11 Å². The first-order valence-electron chi connectivity index (χ1n) is 6.56. The third-order valence-electron chi connectivity index (χ3n) is 3.36. The molecule has 0 spiro atoms. The minimum absolute atomic E-state index is 0.278. The van der Waals surface area contributed by atoms with Crippen molar-refractivity contribution in [3.8, 4) is 10.6 Å². The van der Waals surface area contributed by atoms with Gasteiger partial charge in [-0.1, -0.05) is 5.21 Å². The number of thiazole rings is 1. The molecule has 2 aromatic rings. The van der Waals surface area contributed by atoms with Crippen LogP contribution in [-0.4, -0.2) is 33.1 Å². The van der Waals surface area contributed by atoms with Crippen LogP contribution in [0.2, 0.25) is 0 Å². The van der Waals surface area contributed by atoms with Gasteiger partial charge in [0.15, 0.2) is 5.69 Å². The number of hydrogen-bond donors (Lipinski definition) is 0. The monoisotopic (exact) mass is 292 g/mol. The Morgan fingerprint density at radius 2 is 2.20 bits per heavy atom. The van der Waals surface area contributed by atoms with Gasteiger partial charge in [0.1, 0.15) is 5.69 Å². The van der Waals surface area contributed by atoms with Crippen molar-refractivity contribution in [2.45, 2.75) is 33.2 Å². The molecule has 0 amide bonds. The summed E-state index contributed by atoms with van der Waals surface area (Å²) in [5.74, 6) is 0.197. The number of esters is 1. The molecule has 6 nitrogen and oxygen atoms in total. The zero-order chi connectivity index (χ0) is 14.3. The van der Waals surface area contributed by atoms with E-state index in [0.717, 1.165) is 27.8 Å². The molecule has 20 heavy (non-hydrogen) atoms. The summed E-state index contributed by atoms with van der Waals surface area (Å²) in [6, 6.07) is 0. The van der Waals surface area contributed by atoms with Crippen molar-refractivity contribution in [2.24, 2.45) is 5.92 Å². The highest BCUT2D eigenvalue weighted by atomic mass is 32.1. The van der Waals surface area contributed by atoms with E-state index in [9.17, 15) is 4.79 Å². The number of aromatic nitrogens is 4. The first-order valence-corrected chi connectivity index (χ1v) is 7.38. The topological polar surface area (TPSA) is 69.9 Å². The smallest absolute Gasteiger partial charge is 0.360 e. The molecule has 0 aromatic carbocycles. The van der Waals surface area contributed by atoms with E-state index in [1.807, 2.05) is 18.5 Å². The van der Waals surface area contributed by atoms with Crippen LogP contribution >= 0.6 is 11.3 Å². The number of carbonyl (C=O) groups excluding carboxylic acids is 1. The van der Waals surface area contributed by atoms with Crippen molar-refractivity contribution in [1.29, 1.82) is 0 Å². The fourth-order valence-electron chi connectivity index (χ4n) is 2.20. The molecule has 0 bridgehead atoms. The van der Waals surface area contributed by atoms with E-state index in [1.54, 1.807) is 11.3 Å². The van der Waals surface area contributed by atoms with Crippen LogP contribution in [0.3, 0.4) is 0 Å². The Bertz CT molecular complexity index is 657. The van der Waals surface area contributed by atoms with E-state index in [1.165, 1.54) is 20.0 Å². The van der Waals surface area contributed by atoms with Gasteiger partial charge in [0.05, 0.1) is 22.7 Å². The predicted octanol–water partition coefficient (Wildman–Crippen LogP) is 2.22. The molecule has 1 aliphatic rings. The summed E-state index contributed by atoms with van der Waals surface area (Å²) >= 11 is 1.56. The van der Waals surface area contributed by atoms with Crippen molar-refractivity contribution >= 4 is 17.3 Å². The second kappa shape index (κ2) is 4.97. The first-order chi connectivity index (χ1) is 9.60. The number of aryl methyl sites for hydroxylation is 2. The molecule has 0 aliphatic heterocycles. The van der Waals surface area contributed by atoms with E-state index in [-0.39, 0.29) is 5.69 Å². The van der Waals surface area contributed by atoms with Crippen LogP contribution in [0.4, 0.5) is 0 Å². The third-order valence-corrected chi connectivity index (χ3v) is 4.44. The van der Waals surface area contributed by atoms with Gasteiger partial charge in [-0.2, -0.15) is 0 Å². The lowest BCUT2D eigenvalue weighted by atomic mass is 10.2. The summed E-state index contributed by atoms with van der Waals surface area (Å²) in [5.41, 5.74) is 1.92. The number of methoxy groups -OCH3 is 1. The van der Waals surface area contributed by atoms with E-state index in [2.05, 4.69) is 15.3 Å². The summed E-state index contributed by atoms with van der Waals surface area (Å²) in [4.78, 5) is 17.3. The van der Waals surface area contributed by atoms with Crippen LogP contribution in [0.25, 0.3) is 10.6 Å². The van der Waals surface area contributed by atoms with Gasteiger partial charge in [-0.15, -0.1) is 16.4 Å². The molecule has 3 rings (SSSR count). The van der Waals surface area contributed by atoms with Crippen molar-refractivity contribution < 1.29 is 9.53 Å². The lowest BCUT2D eigenvalue weighted by molar-refractivity contribution is 0.0595. The molecule has 1 fully saturated rings.